The first-order valence-electron chi connectivity index (χ1n) is 6.40. The lowest BCUT2D eigenvalue weighted by molar-refractivity contribution is 0.263. The predicted molar refractivity (Wildman–Crippen MR) is 79.4 cm³/mol. The van der Waals surface area contributed by atoms with E-state index in [0.29, 0.717) is 12.2 Å². The topological polar surface area (TPSA) is 72.2 Å². The highest BCUT2D eigenvalue weighted by molar-refractivity contribution is 7.89. The van der Waals surface area contributed by atoms with E-state index in [1.807, 2.05) is 6.92 Å². The van der Waals surface area contributed by atoms with E-state index in [9.17, 15) is 8.42 Å². The summed E-state index contributed by atoms with van der Waals surface area (Å²) in [6.07, 6.45) is 0. The SMILES string of the molecule is Cc1cc(S(=O)(=O)NCC(C)C(C)(C)C)ccc1N. The molecule has 0 fully saturated rings. The summed E-state index contributed by atoms with van der Waals surface area (Å²) >= 11 is 0. The van der Waals surface area contributed by atoms with Gasteiger partial charge in [0.25, 0.3) is 0 Å². The molecule has 108 valence electrons. The average Bonchev–Trinajstić information content (AvgIpc) is 2.28. The molecule has 1 atom stereocenters. The Hall–Kier alpha value is -1.07. The van der Waals surface area contributed by atoms with E-state index in [-0.39, 0.29) is 16.2 Å². The first kappa shape index (κ1) is 16.0. The number of sulfonamides is 1. The Bertz CT molecular complexity index is 545. The van der Waals surface area contributed by atoms with Crippen LogP contribution in [0.3, 0.4) is 0 Å². The number of anilines is 1. The molecule has 0 radical (unpaired) electrons. The van der Waals surface area contributed by atoms with E-state index in [1.165, 1.54) is 6.07 Å². The minimum atomic E-state index is -3.46. The van der Waals surface area contributed by atoms with Gasteiger partial charge in [-0.15, -0.1) is 0 Å². The van der Waals surface area contributed by atoms with Crippen LogP contribution in [0, 0.1) is 18.3 Å². The van der Waals surface area contributed by atoms with Crippen molar-refractivity contribution in [3.8, 4) is 0 Å². The maximum atomic E-state index is 12.2. The lowest BCUT2D eigenvalue weighted by atomic mass is 9.82. The molecule has 1 aromatic carbocycles. The molecule has 0 saturated carbocycles. The van der Waals surface area contributed by atoms with Gasteiger partial charge >= 0.3 is 0 Å². The number of nitrogens with two attached hydrogens (primary N) is 1. The Kier molecular flexibility index (Phi) is 4.63. The van der Waals surface area contributed by atoms with Gasteiger partial charge in [0.1, 0.15) is 0 Å². The second-order valence-corrected chi connectivity index (χ2v) is 7.90. The maximum absolute atomic E-state index is 12.2. The fraction of sp³-hybridized carbons (Fsp3) is 0.571. The van der Waals surface area contributed by atoms with E-state index in [0.717, 1.165) is 5.56 Å². The van der Waals surface area contributed by atoms with Crippen molar-refractivity contribution in [3.05, 3.63) is 23.8 Å². The first-order valence-corrected chi connectivity index (χ1v) is 7.88. The molecule has 1 unspecified atom stereocenters. The summed E-state index contributed by atoms with van der Waals surface area (Å²) in [6, 6.07) is 4.75. The number of aryl methyl sites for hydroxylation is 1. The Labute approximate surface area is 116 Å². The van der Waals surface area contributed by atoms with Gasteiger partial charge in [-0.05, 0) is 42.0 Å². The highest BCUT2D eigenvalue weighted by Crippen LogP contribution is 2.25. The fourth-order valence-corrected chi connectivity index (χ4v) is 2.65. The average molecular weight is 284 g/mol. The molecule has 0 heterocycles. The van der Waals surface area contributed by atoms with Crippen LogP contribution in [0.15, 0.2) is 23.1 Å². The second-order valence-electron chi connectivity index (χ2n) is 6.14. The fourth-order valence-electron chi connectivity index (χ4n) is 1.44. The molecule has 0 amide bonds. The van der Waals surface area contributed by atoms with Crippen molar-refractivity contribution >= 4 is 15.7 Å². The predicted octanol–water partition coefficient (Wildman–Crippen LogP) is 2.54. The minimum Gasteiger partial charge on any atom is -0.399 e. The van der Waals surface area contributed by atoms with Crippen molar-refractivity contribution in [1.82, 2.24) is 4.72 Å². The summed E-state index contributed by atoms with van der Waals surface area (Å²) in [4.78, 5) is 0.264. The first-order chi connectivity index (χ1) is 8.54. The quantitative estimate of drug-likeness (QED) is 0.835. The number of benzene rings is 1. The lowest BCUT2D eigenvalue weighted by Gasteiger charge is -2.27. The van der Waals surface area contributed by atoms with E-state index < -0.39 is 10.0 Å². The molecule has 0 aromatic heterocycles. The molecule has 5 heteroatoms. The molecule has 1 rings (SSSR count). The van der Waals surface area contributed by atoms with Crippen LogP contribution in [-0.4, -0.2) is 15.0 Å². The third-order valence-electron chi connectivity index (χ3n) is 3.61. The van der Waals surface area contributed by atoms with Gasteiger partial charge in [-0.1, -0.05) is 27.7 Å². The number of nitrogens with one attached hydrogen (secondary N) is 1. The second kappa shape index (κ2) is 5.51. The molecule has 3 N–H and O–H groups in total. The van der Waals surface area contributed by atoms with Gasteiger partial charge in [-0.25, -0.2) is 13.1 Å². The molecule has 1 aromatic rings. The number of hydrogen-bond acceptors (Lipinski definition) is 3. The smallest absolute Gasteiger partial charge is 0.240 e. The molecule has 0 aliphatic heterocycles. The van der Waals surface area contributed by atoms with Gasteiger partial charge in [-0.2, -0.15) is 0 Å². The molecule has 0 aliphatic rings. The van der Waals surface area contributed by atoms with Crippen molar-refractivity contribution in [2.75, 3.05) is 12.3 Å². The van der Waals surface area contributed by atoms with Crippen LogP contribution in [0.25, 0.3) is 0 Å². The minimum absolute atomic E-state index is 0.0690. The standard InChI is InChI=1S/C14H24N2O2S/c1-10-8-12(6-7-13(10)15)19(17,18)16-9-11(2)14(3,4)5/h6-8,11,16H,9,15H2,1-5H3. The summed E-state index contributed by atoms with van der Waals surface area (Å²) in [5.41, 5.74) is 7.13. The Morgan fingerprint density at radius 3 is 2.37 bits per heavy atom. The van der Waals surface area contributed by atoms with Crippen LogP contribution in [0.2, 0.25) is 0 Å². The largest absolute Gasteiger partial charge is 0.399 e. The summed E-state index contributed by atoms with van der Waals surface area (Å²) in [6.45, 7) is 10.6. The van der Waals surface area contributed by atoms with Gasteiger partial charge in [-0.3, -0.25) is 0 Å². The molecule has 0 aliphatic carbocycles. The molecule has 19 heavy (non-hydrogen) atoms. The normalized spacial score (nSPS) is 14.4. The van der Waals surface area contributed by atoms with E-state index in [1.54, 1.807) is 19.1 Å². The highest BCUT2D eigenvalue weighted by atomic mass is 32.2. The molecule has 0 saturated heterocycles. The van der Waals surface area contributed by atoms with Gasteiger partial charge in [0.05, 0.1) is 4.90 Å². The van der Waals surface area contributed by atoms with Gasteiger partial charge in [0.15, 0.2) is 0 Å². The maximum Gasteiger partial charge on any atom is 0.240 e. The van der Waals surface area contributed by atoms with Gasteiger partial charge in [0.2, 0.25) is 10.0 Å². The Balaban J connectivity index is 2.85. The summed E-state index contributed by atoms with van der Waals surface area (Å²) in [5.74, 6) is 0.247. The molecule has 0 spiro atoms. The lowest BCUT2D eigenvalue weighted by Crippen LogP contribution is -2.33. The van der Waals surface area contributed by atoms with Gasteiger partial charge in [0, 0.05) is 12.2 Å². The number of nitrogen functional groups attached to an aromatic ring is 1. The van der Waals surface area contributed by atoms with E-state index >= 15 is 0 Å². The number of hydrogen-bond donors (Lipinski definition) is 2. The van der Waals surface area contributed by atoms with Crippen LogP contribution < -0.4 is 10.5 Å². The van der Waals surface area contributed by atoms with E-state index in [4.69, 9.17) is 5.73 Å². The van der Waals surface area contributed by atoms with E-state index in [2.05, 4.69) is 25.5 Å². The zero-order valence-corrected chi connectivity index (χ0v) is 13.1. The molecule has 4 nitrogen and oxygen atoms in total. The summed E-state index contributed by atoms with van der Waals surface area (Å²) in [5, 5.41) is 0. The molecular formula is C14H24N2O2S. The van der Waals surface area contributed by atoms with Crippen LogP contribution in [0.5, 0.6) is 0 Å². The van der Waals surface area contributed by atoms with Crippen molar-refractivity contribution < 1.29 is 8.42 Å². The van der Waals surface area contributed by atoms with Crippen molar-refractivity contribution in [1.29, 1.82) is 0 Å². The third-order valence-corrected chi connectivity index (χ3v) is 5.03. The zero-order valence-electron chi connectivity index (χ0n) is 12.3. The number of rotatable bonds is 4. The van der Waals surface area contributed by atoms with Crippen molar-refractivity contribution in [2.45, 2.75) is 39.5 Å². The molecule has 0 bridgehead atoms. The van der Waals surface area contributed by atoms with Gasteiger partial charge < -0.3 is 5.73 Å². The zero-order chi connectivity index (χ0) is 14.8. The summed E-state index contributed by atoms with van der Waals surface area (Å²) < 4.78 is 27.0. The summed E-state index contributed by atoms with van der Waals surface area (Å²) in [7, 11) is -3.46. The van der Waals surface area contributed by atoms with Crippen LogP contribution in [0.4, 0.5) is 5.69 Å². The monoisotopic (exact) mass is 284 g/mol. The highest BCUT2D eigenvalue weighted by Gasteiger charge is 2.22. The van der Waals surface area contributed by atoms with Crippen LogP contribution in [-0.2, 0) is 10.0 Å². The molecular weight excluding hydrogens is 260 g/mol. The van der Waals surface area contributed by atoms with Crippen LogP contribution in [0.1, 0.15) is 33.3 Å². The van der Waals surface area contributed by atoms with Crippen LogP contribution >= 0.6 is 0 Å². The third kappa shape index (κ3) is 4.21. The van der Waals surface area contributed by atoms with Crippen molar-refractivity contribution in [2.24, 2.45) is 11.3 Å². The Morgan fingerprint density at radius 1 is 1.32 bits per heavy atom. The van der Waals surface area contributed by atoms with Crippen molar-refractivity contribution in [3.63, 3.8) is 0 Å². The Morgan fingerprint density at radius 2 is 1.89 bits per heavy atom.